The Morgan fingerprint density at radius 2 is 0.682 bits per heavy atom. The van der Waals surface area contributed by atoms with E-state index in [4.69, 9.17) is 22.8 Å². The summed E-state index contributed by atoms with van der Waals surface area (Å²) in [5.74, 6) is 4.36. The zero-order valence-corrected chi connectivity index (χ0v) is 25.4. The van der Waals surface area contributed by atoms with Crippen LogP contribution in [0.25, 0.3) is 0 Å². The summed E-state index contributed by atoms with van der Waals surface area (Å²) in [4.78, 5) is 0. The van der Waals surface area contributed by atoms with Gasteiger partial charge in [0.25, 0.3) is 0 Å². The summed E-state index contributed by atoms with van der Waals surface area (Å²) in [7, 11) is -3.20. The van der Waals surface area contributed by atoms with Gasteiger partial charge in [-0.2, -0.15) is 0 Å². The third-order valence-corrected chi connectivity index (χ3v) is 9.85. The van der Waals surface area contributed by atoms with Crippen molar-refractivity contribution in [3.63, 3.8) is 0 Å². The first kappa shape index (κ1) is 28.0. The Kier molecular flexibility index (Phi) is 8.41. The summed E-state index contributed by atoms with van der Waals surface area (Å²) in [6.45, 7) is 0. The molecule has 216 valence electrons. The number of fused-ring (bicyclic) bond motifs is 2. The number of benzene rings is 6. The van der Waals surface area contributed by atoms with Crippen LogP contribution in [0.5, 0.6) is 34.5 Å². The highest BCUT2D eigenvalue weighted by molar-refractivity contribution is 7.57. The van der Waals surface area contributed by atoms with E-state index >= 15 is 0 Å². The first-order valence-electron chi connectivity index (χ1n) is 14.2. The fraction of sp³-hybridized carbons (Fsp3) is 0.0270. The van der Waals surface area contributed by atoms with Crippen LogP contribution in [0.4, 0.5) is 0 Å². The van der Waals surface area contributed by atoms with Gasteiger partial charge < -0.3 is 22.8 Å². The molecule has 1 heterocycles. The molecule has 0 unspecified atom stereocenters. The lowest BCUT2D eigenvalue weighted by Crippen LogP contribution is -2.21. The molecule has 0 N–H and O–H groups in total. The second-order valence-corrected chi connectivity index (χ2v) is 12.7. The van der Waals surface area contributed by atoms with Crippen molar-refractivity contribution < 1.29 is 22.8 Å². The minimum atomic E-state index is -1.60. The summed E-state index contributed by atoms with van der Waals surface area (Å²) < 4.78 is 32.9. The molecule has 0 saturated heterocycles. The van der Waals surface area contributed by atoms with Gasteiger partial charge in [0.15, 0.2) is 0 Å². The Morgan fingerprint density at radius 1 is 0.364 bits per heavy atom. The molecule has 0 bridgehead atoms. The predicted molar refractivity (Wildman–Crippen MR) is 177 cm³/mol. The lowest BCUT2D eigenvalue weighted by molar-refractivity contribution is 0.458. The minimum absolute atomic E-state index is 0.687. The van der Waals surface area contributed by atoms with Gasteiger partial charge >= 0.3 is 16.8 Å². The van der Waals surface area contributed by atoms with Gasteiger partial charge in [0.1, 0.15) is 34.5 Å². The maximum atomic E-state index is 6.86. The first-order chi connectivity index (χ1) is 21.8. The topological polar surface area (TPSA) is 46.2 Å². The van der Waals surface area contributed by atoms with Crippen molar-refractivity contribution in [2.24, 2.45) is 0 Å². The Hall–Kier alpha value is -4.82. The van der Waals surface area contributed by atoms with Crippen LogP contribution in [-0.4, -0.2) is 0 Å². The third kappa shape index (κ3) is 6.40. The van der Waals surface area contributed by atoms with E-state index in [2.05, 4.69) is 12.1 Å². The highest BCUT2D eigenvalue weighted by atomic mass is 31.2. The molecule has 44 heavy (non-hydrogen) atoms. The number of ether oxygens (including phenoxy) is 1. The van der Waals surface area contributed by atoms with E-state index in [0.29, 0.717) is 6.42 Å². The van der Waals surface area contributed by atoms with Crippen LogP contribution in [0.1, 0.15) is 11.1 Å². The normalized spacial score (nSPS) is 11.7. The van der Waals surface area contributed by atoms with Crippen molar-refractivity contribution in [3.8, 4) is 34.5 Å². The largest absolute Gasteiger partial charge is 0.455 e. The van der Waals surface area contributed by atoms with Crippen molar-refractivity contribution in [3.05, 3.63) is 169 Å². The molecule has 0 amide bonds. The van der Waals surface area contributed by atoms with Crippen LogP contribution in [0.3, 0.4) is 0 Å². The van der Waals surface area contributed by atoms with Crippen molar-refractivity contribution in [1.29, 1.82) is 0 Å². The zero-order valence-electron chi connectivity index (χ0n) is 23.7. The highest BCUT2D eigenvalue weighted by Gasteiger charge is 2.32. The quantitative estimate of drug-likeness (QED) is 0.144. The van der Waals surface area contributed by atoms with E-state index in [1.165, 1.54) is 0 Å². The maximum absolute atomic E-state index is 6.86. The maximum Gasteiger partial charge on any atom is 0.330 e. The molecule has 6 aromatic rings. The standard InChI is InChI=1S/C37H28O5P2/c1-5-17-30(18-6-1)39-43(40-31-19-7-2-8-20-31)34-25-13-15-28-27-29-16-14-26-35(37(29)38-36(28)34)44(41-32-21-9-3-10-22-32)42-33-23-11-4-12-24-33/h1-26H,27H2. The molecule has 0 aromatic heterocycles. The Balaban J connectivity index is 1.27. The lowest BCUT2D eigenvalue weighted by Gasteiger charge is -2.28. The molecule has 0 aliphatic carbocycles. The molecular weight excluding hydrogens is 586 g/mol. The van der Waals surface area contributed by atoms with E-state index in [9.17, 15) is 0 Å². The molecule has 0 atom stereocenters. The van der Waals surface area contributed by atoms with Crippen LogP contribution in [0.2, 0.25) is 0 Å². The van der Waals surface area contributed by atoms with Gasteiger partial charge in [0, 0.05) is 17.5 Å². The molecule has 5 nitrogen and oxygen atoms in total. The average molecular weight is 615 g/mol. The molecule has 0 fully saturated rings. The molecule has 7 rings (SSSR count). The summed E-state index contributed by atoms with van der Waals surface area (Å²) in [6.07, 6.45) is 0.687. The van der Waals surface area contributed by atoms with Crippen LogP contribution in [-0.2, 0) is 6.42 Å². The van der Waals surface area contributed by atoms with Crippen molar-refractivity contribution in [2.75, 3.05) is 0 Å². The molecule has 7 heteroatoms. The predicted octanol–water partition coefficient (Wildman–Crippen LogP) is 9.57. The van der Waals surface area contributed by atoms with Crippen molar-refractivity contribution in [1.82, 2.24) is 0 Å². The molecule has 0 spiro atoms. The number of rotatable bonds is 10. The molecule has 1 aliphatic heterocycles. The minimum Gasteiger partial charge on any atom is -0.455 e. The van der Waals surface area contributed by atoms with Gasteiger partial charge in [-0.1, -0.05) is 97.1 Å². The summed E-state index contributed by atoms with van der Waals surface area (Å²) in [5, 5.41) is 1.70. The second-order valence-electron chi connectivity index (χ2n) is 9.94. The van der Waals surface area contributed by atoms with Crippen LogP contribution < -0.4 is 33.4 Å². The van der Waals surface area contributed by atoms with E-state index in [-0.39, 0.29) is 0 Å². The van der Waals surface area contributed by atoms with Gasteiger partial charge in [0.05, 0.1) is 10.6 Å². The van der Waals surface area contributed by atoms with E-state index < -0.39 is 16.8 Å². The van der Waals surface area contributed by atoms with Crippen molar-refractivity contribution >= 4 is 27.4 Å². The number of hydrogen-bond donors (Lipinski definition) is 0. The highest BCUT2D eigenvalue weighted by Crippen LogP contribution is 2.49. The smallest absolute Gasteiger partial charge is 0.330 e. The molecule has 0 radical (unpaired) electrons. The summed E-state index contributed by atoms with van der Waals surface area (Å²) in [6, 6.07) is 51.2. The van der Waals surface area contributed by atoms with E-state index in [1.807, 2.05) is 146 Å². The van der Waals surface area contributed by atoms with Gasteiger partial charge in [0.2, 0.25) is 0 Å². The first-order valence-corrected chi connectivity index (χ1v) is 16.6. The van der Waals surface area contributed by atoms with E-state index in [0.717, 1.165) is 56.2 Å². The van der Waals surface area contributed by atoms with Crippen LogP contribution in [0, 0.1) is 0 Å². The van der Waals surface area contributed by atoms with Gasteiger partial charge in [-0.15, -0.1) is 0 Å². The molecule has 0 saturated carbocycles. The summed E-state index contributed by atoms with van der Waals surface area (Å²) in [5.41, 5.74) is 2.12. The Labute approximate surface area is 259 Å². The van der Waals surface area contributed by atoms with E-state index in [1.54, 1.807) is 0 Å². The van der Waals surface area contributed by atoms with Gasteiger partial charge in [-0.3, -0.25) is 0 Å². The lowest BCUT2D eigenvalue weighted by atomic mass is 10.0. The average Bonchev–Trinajstić information content (AvgIpc) is 3.08. The second kappa shape index (κ2) is 13.2. The summed E-state index contributed by atoms with van der Waals surface area (Å²) >= 11 is 0. The van der Waals surface area contributed by atoms with Gasteiger partial charge in [-0.05, 0) is 60.7 Å². The third-order valence-electron chi connectivity index (χ3n) is 6.86. The fourth-order valence-corrected chi connectivity index (χ4v) is 7.64. The number of hydrogen-bond acceptors (Lipinski definition) is 5. The van der Waals surface area contributed by atoms with Crippen molar-refractivity contribution in [2.45, 2.75) is 6.42 Å². The van der Waals surface area contributed by atoms with Crippen LogP contribution in [0.15, 0.2) is 158 Å². The Morgan fingerprint density at radius 3 is 1.00 bits per heavy atom. The SMILES string of the molecule is c1ccc(OP(Oc2ccccc2)c2cccc3c2Oc2c(cccc2P(Oc2ccccc2)Oc2ccccc2)C3)cc1. The molecule has 6 aromatic carbocycles. The molecule has 1 aliphatic rings. The fourth-order valence-electron chi connectivity index (χ4n) is 4.79. The Bertz CT molecular complexity index is 1600. The number of para-hydroxylation sites is 6. The monoisotopic (exact) mass is 614 g/mol. The zero-order chi connectivity index (χ0) is 29.6. The van der Waals surface area contributed by atoms with Crippen LogP contribution >= 0.6 is 16.8 Å². The van der Waals surface area contributed by atoms with Gasteiger partial charge in [-0.25, -0.2) is 0 Å². The molecular formula is C37H28O5P2.